The fourth-order valence-corrected chi connectivity index (χ4v) is 0.697. The summed E-state index contributed by atoms with van der Waals surface area (Å²) in [6.07, 6.45) is 4.08. The Bertz CT molecular complexity index is 31.0. The lowest BCUT2D eigenvalue weighted by atomic mass is 10.0. The van der Waals surface area contributed by atoms with Crippen molar-refractivity contribution in [1.82, 2.24) is 0 Å². The van der Waals surface area contributed by atoms with E-state index in [4.69, 9.17) is 0 Å². The highest BCUT2D eigenvalue weighted by molar-refractivity contribution is 4.45. The Labute approximate surface area is 54.3 Å². The second-order valence-corrected chi connectivity index (χ2v) is 2.30. The lowest BCUT2D eigenvalue weighted by molar-refractivity contribution is 0.509. The molecular weight excluding hydrogens is 96.1 g/mol. The maximum atomic E-state index is 2.31. The number of rotatable bonds is 3. The normalized spacial score (nSPS) is 12.4. The van der Waals surface area contributed by atoms with Gasteiger partial charge < -0.3 is 0 Å². The van der Waals surface area contributed by atoms with E-state index in [0.717, 1.165) is 5.92 Å². The molecule has 0 spiro atoms. The van der Waals surface area contributed by atoms with Crippen LogP contribution in [0.1, 0.15) is 47.5 Å². The molecule has 0 fully saturated rings. The molecule has 0 N–H and O–H groups in total. The molecule has 0 unspecified atom stereocenters. The molecule has 0 radical (unpaired) electrons. The van der Waals surface area contributed by atoms with Gasteiger partial charge in [0.05, 0.1) is 0 Å². The summed E-state index contributed by atoms with van der Waals surface area (Å²) in [5.41, 5.74) is 0. The SMILES string of the molecule is C.CCC[C@@H](C)CC. The van der Waals surface area contributed by atoms with Gasteiger partial charge in [-0.05, 0) is 5.92 Å². The Morgan fingerprint density at radius 2 is 1.75 bits per heavy atom. The predicted octanol–water partition coefficient (Wildman–Crippen LogP) is 3.47. The third-order valence-corrected chi connectivity index (χ3v) is 1.48. The number of hydrogen-bond acceptors (Lipinski definition) is 0. The summed E-state index contributed by atoms with van der Waals surface area (Å²) in [5, 5.41) is 0. The molecule has 0 aliphatic heterocycles. The van der Waals surface area contributed by atoms with Crippen molar-refractivity contribution in [3.8, 4) is 0 Å². The van der Waals surface area contributed by atoms with Crippen molar-refractivity contribution < 1.29 is 0 Å². The van der Waals surface area contributed by atoms with Gasteiger partial charge in [-0.3, -0.25) is 0 Å². The fraction of sp³-hybridized carbons (Fsp3) is 1.00. The fourth-order valence-electron chi connectivity index (χ4n) is 0.697. The van der Waals surface area contributed by atoms with Gasteiger partial charge in [0, 0.05) is 0 Å². The van der Waals surface area contributed by atoms with Crippen molar-refractivity contribution in [2.75, 3.05) is 0 Å². The van der Waals surface area contributed by atoms with Crippen LogP contribution in [0.3, 0.4) is 0 Å². The summed E-state index contributed by atoms with van der Waals surface area (Å²) >= 11 is 0. The van der Waals surface area contributed by atoms with Crippen LogP contribution in [0, 0.1) is 5.92 Å². The molecule has 0 bridgehead atoms. The van der Waals surface area contributed by atoms with Crippen LogP contribution in [0.2, 0.25) is 0 Å². The van der Waals surface area contributed by atoms with Gasteiger partial charge in [-0.2, -0.15) is 0 Å². The summed E-state index contributed by atoms with van der Waals surface area (Å²) in [6.45, 7) is 6.80. The van der Waals surface area contributed by atoms with Crippen molar-refractivity contribution in [3.05, 3.63) is 0 Å². The minimum Gasteiger partial charge on any atom is -0.0776 e. The van der Waals surface area contributed by atoms with E-state index in [0.29, 0.717) is 0 Å². The Balaban J connectivity index is 0. The quantitative estimate of drug-likeness (QED) is 0.529. The van der Waals surface area contributed by atoms with Crippen LogP contribution in [0.15, 0.2) is 0 Å². The molecule has 0 amide bonds. The molecular formula is C8H20. The van der Waals surface area contributed by atoms with Crippen LogP contribution in [-0.4, -0.2) is 0 Å². The molecule has 0 aliphatic rings. The lowest BCUT2D eigenvalue weighted by Crippen LogP contribution is -1.88. The van der Waals surface area contributed by atoms with E-state index >= 15 is 0 Å². The van der Waals surface area contributed by atoms with Crippen molar-refractivity contribution in [1.29, 1.82) is 0 Å². The topological polar surface area (TPSA) is 0 Å². The maximum Gasteiger partial charge on any atom is -0.0446 e. The van der Waals surface area contributed by atoms with Gasteiger partial charge in [0.2, 0.25) is 0 Å². The minimum atomic E-state index is 0. The van der Waals surface area contributed by atoms with Gasteiger partial charge in [0.1, 0.15) is 0 Å². The first-order chi connectivity index (χ1) is 3.31. The van der Waals surface area contributed by atoms with Crippen molar-refractivity contribution in [2.24, 2.45) is 5.92 Å². The highest BCUT2D eigenvalue weighted by Gasteiger charge is 1.92. The third kappa shape index (κ3) is 6.00. The zero-order valence-electron chi connectivity index (χ0n) is 5.70. The molecule has 0 nitrogen and oxygen atoms in total. The summed E-state index contributed by atoms with van der Waals surface area (Å²) in [6, 6.07) is 0. The smallest absolute Gasteiger partial charge is 0.0446 e. The molecule has 52 valence electrons. The third-order valence-electron chi connectivity index (χ3n) is 1.48. The van der Waals surface area contributed by atoms with E-state index in [2.05, 4.69) is 20.8 Å². The molecule has 1 atom stereocenters. The van der Waals surface area contributed by atoms with Gasteiger partial charge in [-0.25, -0.2) is 0 Å². The molecule has 0 aromatic carbocycles. The molecule has 0 rings (SSSR count). The Kier molecular flexibility index (Phi) is 9.53. The maximum absolute atomic E-state index is 2.31. The summed E-state index contributed by atoms with van der Waals surface area (Å²) in [7, 11) is 0. The summed E-state index contributed by atoms with van der Waals surface area (Å²) in [5.74, 6) is 0.949. The molecule has 0 saturated heterocycles. The zero-order chi connectivity index (χ0) is 5.70. The van der Waals surface area contributed by atoms with Crippen LogP contribution in [0.4, 0.5) is 0 Å². The molecule has 0 saturated carbocycles. The second kappa shape index (κ2) is 7.00. The van der Waals surface area contributed by atoms with Crippen LogP contribution >= 0.6 is 0 Å². The average molecular weight is 116 g/mol. The molecule has 0 heteroatoms. The van der Waals surface area contributed by atoms with Gasteiger partial charge in [0.25, 0.3) is 0 Å². The van der Waals surface area contributed by atoms with Gasteiger partial charge in [-0.1, -0.05) is 47.5 Å². The molecule has 0 aliphatic carbocycles. The first kappa shape index (κ1) is 10.9. The van der Waals surface area contributed by atoms with Crippen LogP contribution in [0.5, 0.6) is 0 Å². The summed E-state index contributed by atoms with van der Waals surface area (Å²) < 4.78 is 0. The van der Waals surface area contributed by atoms with E-state index in [9.17, 15) is 0 Å². The van der Waals surface area contributed by atoms with Gasteiger partial charge in [-0.15, -0.1) is 0 Å². The standard InChI is InChI=1S/C7H16.CH4/c1-4-6-7(3)5-2;/h7H,4-6H2,1-3H3;1H4/t7-;/m0./s1. The van der Waals surface area contributed by atoms with E-state index in [1.807, 2.05) is 0 Å². The Hall–Kier alpha value is 0. The van der Waals surface area contributed by atoms with Crippen molar-refractivity contribution in [3.63, 3.8) is 0 Å². The predicted molar refractivity (Wildman–Crippen MR) is 41.1 cm³/mol. The molecule has 0 aromatic heterocycles. The van der Waals surface area contributed by atoms with E-state index in [-0.39, 0.29) is 7.43 Å². The average Bonchev–Trinajstić information content (AvgIpc) is 1.68. The Morgan fingerprint density at radius 1 is 1.25 bits per heavy atom. The van der Waals surface area contributed by atoms with Crippen molar-refractivity contribution >= 4 is 0 Å². The minimum absolute atomic E-state index is 0. The largest absolute Gasteiger partial charge is 0.0776 e. The van der Waals surface area contributed by atoms with Gasteiger partial charge >= 0.3 is 0 Å². The monoisotopic (exact) mass is 116 g/mol. The van der Waals surface area contributed by atoms with Crippen LogP contribution in [0.25, 0.3) is 0 Å². The van der Waals surface area contributed by atoms with E-state index < -0.39 is 0 Å². The first-order valence-corrected chi connectivity index (χ1v) is 3.31. The van der Waals surface area contributed by atoms with Crippen LogP contribution in [-0.2, 0) is 0 Å². The van der Waals surface area contributed by atoms with E-state index in [1.165, 1.54) is 19.3 Å². The van der Waals surface area contributed by atoms with E-state index in [1.54, 1.807) is 0 Å². The van der Waals surface area contributed by atoms with Crippen molar-refractivity contribution in [2.45, 2.75) is 47.5 Å². The zero-order valence-corrected chi connectivity index (χ0v) is 5.70. The van der Waals surface area contributed by atoms with Gasteiger partial charge in [0.15, 0.2) is 0 Å². The van der Waals surface area contributed by atoms with Crippen LogP contribution < -0.4 is 0 Å². The highest BCUT2D eigenvalue weighted by Crippen LogP contribution is 2.07. The Morgan fingerprint density at radius 3 is 1.88 bits per heavy atom. The molecule has 0 heterocycles. The first-order valence-electron chi connectivity index (χ1n) is 3.31. The second-order valence-electron chi connectivity index (χ2n) is 2.30. The molecule has 8 heavy (non-hydrogen) atoms. The lowest BCUT2D eigenvalue weighted by Gasteiger charge is -2.02. The number of hydrogen-bond donors (Lipinski definition) is 0. The highest BCUT2D eigenvalue weighted by atomic mass is 14.0. The molecule has 0 aromatic rings. The summed E-state index contributed by atoms with van der Waals surface area (Å²) in [4.78, 5) is 0.